The lowest BCUT2D eigenvalue weighted by Crippen LogP contribution is -2.18. The first-order chi connectivity index (χ1) is 10.4. The van der Waals surface area contributed by atoms with Gasteiger partial charge in [0.15, 0.2) is 0 Å². The van der Waals surface area contributed by atoms with Gasteiger partial charge in [0.25, 0.3) is 0 Å². The van der Waals surface area contributed by atoms with Gasteiger partial charge in [-0.3, -0.25) is 4.79 Å². The van der Waals surface area contributed by atoms with Gasteiger partial charge >= 0.3 is 5.97 Å². The summed E-state index contributed by atoms with van der Waals surface area (Å²) in [6.45, 7) is 7.43. The van der Waals surface area contributed by atoms with Gasteiger partial charge in [0.1, 0.15) is 12.1 Å². The highest BCUT2D eigenvalue weighted by Gasteiger charge is 2.19. The molecule has 5 heteroatoms. The summed E-state index contributed by atoms with van der Waals surface area (Å²) >= 11 is 3.15. The fourth-order valence-corrected chi connectivity index (χ4v) is 1.88. The van der Waals surface area contributed by atoms with Crippen molar-refractivity contribution in [3.8, 4) is 0 Å². The normalized spacial score (nSPS) is 12.6. The second-order valence-corrected chi connectivity index (χ2v) is 5.99. The van der Waals surface area contributed by atoms with Gasteiger partial charge in [-0.15, -0.1) is 0 Å². The number of benzene rings is 1. The van der Waals surface area contributed by atoms with E-state index in [1.165, 1.54) is 0 Å². The molecule has 22 heavy (non-hydrogen) atoms. The maximum Gasteiger partial charge on any atom is 0.308 e. The first-order valence-corrected chi connectivity index (χ1v) is 8.50. The van der Waals surface area contributed by atoms with E-state index in [2.05, 4.69) is 15.9 Å². The summed E-state index contributed by atoms with van der Waals surface area (Å²) in [7, 11) is 0. The van der Waals surface area contributed by atoms with Gasteiger partial charge in [-0.05, 0) is 24.5 Å². The summed E-state index contributed by atoms with van der Waals surface area (Å²) < 4.78 is 19.1. The molecule has 2 atom stereocenters. The van der Waals surface area contributed by atoms with Crippen LogP contribution in [0, 0.1) is 11.7 Å². The van der Waals surface area contributed by atoms with Gasteiger partial charge in [0.2, 0.25) is 0 Å². The Balaban J connectivity index is 0.00000135. The quantitative estimate of drug-likeness (QED) is 0.424. The van der Waals surface area contributed by atoms with Gasteiger partial charge in [0.05, 0.1) is 12.5 Å². The first-order valence-electron chi connectivity index (χ1n) is 7.37. The van der Waals surface area contributed by atoms with Crippen molar-refractivity contribution in [2.75, 3.05) is 11.9 Å². The third-order valence-corrected chi connectivity index (χ3v) is 3.02. The van der Waals surface area contributed by atoms with Crippen LogP contribution in [0.4, 0.5) is 4.39 Å². The third kappa shape index (κ3) is 6.69. The van der Waals surface area contributed by atoms with E-state index in [4.69, 9.17) is 4.74 Å². The molecule has 0 heterocycles. The van der Waals surface area contributed by atoms with Crippen molar-refractivity contribution >= 4 is 28.2 Å². The van der Waals surface area contributed by atoms with Gasteiger partial charge in [-0.2, -0.15) is 0 Å². The summed E-state index contributed by atoms with van der Waals surface area (Å²) in [5.74, 6) is -1.64. The van der Waals surface area contributed by atoms with Crippen LogP contribution in [0.15, 0.2) is 18.2 Å². The molecule has 0 aliphatic rings. The molecule has 1 rings (SSSR count). The summed E-state index contributed by atoms with van der Waals surface area (Å²) in [5.41, 5.74) is 0.801. The minimum absolute atomic E-state index is 0.268. The van der Waals surface area contributed by atoms with E-state index in [0.717, 1.165) is 5.33 Å². The Morgan fingerprint density at radius 2 is 1.95 bits per heavy atom. The van der Waals surface area contributed by atoms with Gasteiger partial charge in [-0.25, -0.2) is 4.39 Å². The highest BCUT2D eigenvalue weighted by molar-refractivity contribution is 9.09. The summed E-state index contributed by atoms with van der Waals surface area (Å²) in [6.07, 6.45) is 0.973. The zero-order valence-corrected chi connectivity index (χ0v) is 15.2. The van der Waals surface area contributed by atoms with Crippen molar-refractivity contribution in [3.05, 3.63) is 35.1 Å². The Labute approximate surface area is 140 Å². The molecule has 1 aromatic carbocycles. The Morgan fingerprint density at radius 1 is 1.36 bits per heavy atom. The highest BCUT2D eigenvalue weighted by Crippen LogP contribution is 2.22. The lowest BCUT2D eigenvalue weighted by Gasteiger charge is -2.13. The summed E-state index contributed by atoms with van der Waals surface area (Å²) in [6, 6.07) is 4.92. The summed E-state index contributed by atoms with van der Waals surface area (Å²) in [4.78, 5) is 22.3. The smallest absolute Gasteiger partial charge is 0.308 e. The number of rotatable bonds is 6. The van der Waals surface area contributed by atoms with Crippen LogP contribution in [-0.4, -0.2) is 24.2 Å². The lowest BCUT2D eigenvalue weighted by atomic mass is 9.94. The van der Waals surface area contributed by atoms with Crippen LogP contribution >= 0.6 is 15.9 Å². The fraction of sp³-hybridized carbons (Fsp3) is 0.529. The van der Waals surface area contributed by atoms with Crippen LogP contribution in [0.25, 0.3) is 0 Å². The number of halogens is 2. The molecule has 3 nitrogen and oxygen atoms in total. The van der Waals surface area contributed by atoms with Crippen molar-refractivity contribution < 1.29 is 18.7 Å². The molecule has 0 saturated heterocycles. The zero-order valence-electron chi connectivity index (χ0n) is 13.6. The molecule has 0 amide bonds. The first kappa shape index (κ1) is 20.8. The number of carbonyl (C=O) groups excluding carboxylic acids is 2. The van der Waals surface area contributed by atoms with E-state index < -0.39 is 17.7 Å². The SMILES string of the molecule is CCBr.CCOC(=O)C(C)Cc1cccc(C(C)C=O)c1F. The predicted octanol–water partition coefficient (Wildman–Crippen LogP) is 4.27. The molecule has 0 saturated carbocycles. The van der Waals surface area contributed by atoms with Crippen molar-refractivity contribution in [2.24, 2.45) is 5.92 Å². The number of aldehydes is 1. The lowest BCUT2D eigenvalue weighted by molar-refractivity contribution is -0.147. The molecular formula is C17H24BrFO3. The number of esters is 1. The Morgan fingerprint density at radius 3 is 2.45 bits per heavy atom. The Kier molecular flexibility index (Phi) is 10.7. The van der Waals surface area contributed by atoms with Crippen LogP contribution in [-0.2, 0) is 20.7 Å². The molecule has 0 aromatic heterocycles. The van der Waals surface area contributed by atoms with E-state index in [1.54, 1.807) is 39.0 Å². The van der Waals surface area contributed by atoms with Crippen molar-refractivity contribution in [1.82, 2.24) is 0 Å². The Hall–Kier alpha value is -1.23. The van der Waals surface area contributed by atoms with Crippen LogP contribution in [0.1, 0.15) is 44.7 Å². The van der Waals surface area contributed by atoms with Crippen LogP contribution in [0.5, 0.6) is 0 Å². The van der Waals surface area contributed by atoms with Crippen molar-refractivity contribution in [1.29, 1.82) is 0 Å². The third-order valence-electron chi connectivity index (χ3n) is 3.02. The molecule has 0 aliphatic heterocycles. The Bertz CT molecular complexity index is 477. The summed E-state index contributed by atoms with van der Waals surface area (Å²) in [5, 5.41) is 1.06. The fourth-order valence-electron chi connectivity index (χ4n) is 1.88. The standard InChI is InChI=1S/C15H19FO3.C2H5Br/c1-4-19-15(18)10(2)8-12-6-5-7-13(14(12)16)11(3)9-17;1-2-3/h5-7,9-11H,4,8H2,1-3H3;2H2,1H3. The predicted molar refractivity (Wildman–Crippen MR) is 89.8 cm³/mol. The molecule has 0 N–H and O–H groups in total. The van der Waals surface area contributed by atoms with Crippen molar-refractivity contribution in [2.45, 2.75) is 40.0 Å². The zero-order chi connectivity index (χ0) is 17.1. The van der Waals surface area contributed by atoms with E-state index in [1.807, 2.05) is 6.92 Å². The average molecular weight is 375 g/mol. The molecular weight excluding hydrogens is 351 g/mol. The molecule has 0 bridgehead atoms. The van der Waals surface area contributed by atoms with Crippen LogP contribution < -0.4 is 0 Å². The van der Waals surface area contributed by atoms with Gasteiger partial charge in [0, 0.05) is 11.2 Å². The van der Waals surface area contributed by atoms with Gasteiger partial charge < -0.3 is 9.53 Å². The monoisotopic (exact) mass is 374 g/mol. The number of hydrogen-bond donors (Lipinski definition) is 0. The van der Waals surface area contributed by atoms with E-state index in [0.29, 0.717) is 24.0 Å². The van der Waals surface area contributed by atoms with E-state index >= 15 is 0 Å². The highest BCUT2D eigenvalue weighted by atomic mass is 79.9. The van der Waals surface area contributed by atoms with Gasteiger partial charge in [-0.1, -0.05) is 54.9 Å². The molecule has 0 aliphatic carbocycles. The molecule has 0 fully saturated rings. The minimum Gasteiger partial charge on any atom is -0.466 e. The molecule has 0 radical (unpaired) electrons. The number of alkyl halides is 1. The second-order valence-electron chi connectivity index (χ2n) is 4.87. The largest absolute Gasteiger partial charge is 0.466 e. The molecule has 0 spiro atoms. The molecule has 1 aromatic rings. The van der Waals surface area contributed by atoms with Crippen LogP contribution in [0.2, 0.25) is 0 Å². The number of hydrogen-bond acceptors (Lipinski definition) is 3. The molecule has 2 unspecified atom stereocenters. The number of carbonyl (C=O) groups is 2. The maximum atomic E-state index is 14.2. The van der Waals surface area contributed by atoms with E-state index in [9.17, 15) is 14.0 Å². The van der Waals surface area contributed by atoms with Crippen LogP contribution in [0.3, 0.4) is 0 Å². The minimum atomic E-state index is -0.488. The topological polar surface area (TPSA) is 43.4 Å². The number of ether oxygens (including phenoxy) is 1. The average Bonchev–Trinajstić information content (AvgIpc) is 2.49. The second kappa shape index (κ2) is 11.4. The molecule has 124 valence electrons. The van der Waals surface area contributed by atoms with E-state index in [-0.39, 0.29) is 12.4 Å². The van der Waals surface area contributed by atoms with Crippen molar-refractivity contribution in [3.63, 3.8) is 0 Å². The maximum absolute atomic E-state index is 14.2.